The zero-order chi connectivity index (χ0) is 20.1. The topological polar surface area (TPSA) is 110 Å². The number of carbonyl (C=O) groups is 1. The minimum atomic E-state index is -0.306. The highest BCUT2D eigenvalue weighted by atomic mass is 16.2. The first kappa shape index (κ1) is 18.8. The second-order valence-electron chi connectivity index (χ2n) is 7.05. The van der Waals surface area contributed by atoms with Crippen LogP contribution in [0.4, 0.5) is 22.1 Å². The molecule has 1 saturated carbocycles. The van der Waals surface area contributed by atoms with Crippen LogP contribution in [0, 0.1) is 0 Å². The summed E-state index contributed by atoms with van der Waals surface area (Å²) in [5.41, 5.74) is 8.32. The van der Waals surface area contributed by atoms with E-state index in [-0.39, 0.29) is 12.1 Å². The number of hydrogen-bond acceptors (Lipinski definition) is 6. The van der Waals surface area contributed by atoms with Gasteiger partial charge in [-0.2, -0.15) is 5.10 Å². The lowest BCUT2D eigenvalue weighted by atomic mass is 9.94. The fourth-order valence-corrected chi connectivity index (χ4v) is 3.64. The van der Waals surface area contributed by atoms with E-state index < -0.39 is 0 Å². The van der Waals surface area contributed by atoms with Gasteiger partial charge in [-0.15, -0.1) is 5.10 Å². The number of nitrogens with zero attached hydrogens (tertiary/aromatic N) is 5. The Morgan fingerprint density at radius 2 is 1.90 bits per heavy atom. The molecular formula is C21H23N7O. The van der Waals surface area contributed by atoms with Gasteiger partial charge in [0.25, 0.3) is 0 Å². The SMILES string of the molecule is Nc1ccc(-c2cccnc2)nc1N(C(=O)Nc1cccnn1)C1CCCCC1. The van der Waals surface area contributed by atoms with Gasteiger partial charge in [-0.25, -0.2) is 9.78 Å². The molecule has 4 rings (SSSR count). The molecular weight excluding hydrogens is 366 g/mol. The Balaban J connectivity index is 1.71. The summed E-state index contributed by atoms with van der Waals surface area (Å²) in [6, 6.07) is 10.6. The third-order valence-corrected chi connectivity index (χ3v) is 5.06. The van der Waals surface area contributed by atoms with Crippen molar-refractivity contribution in [3.05, 3.63) is 55.0 Å². The van der Waals surface area contributed by atoms with E-state index in [4.69, 9.17) is 10.7 Å². The molecule has 3 N–H and O–H groups in total. The quantitative estimate of drug-likeness (QED) is 0.700. The van der Waals surface area contributed by atoms with Gasteiger partial charge in [0.2, 0.25) is 0 Å². The summed E-state index contributed by atoms with van der Waals surface area (Å²) >= 11 is 0. The average Bonchev–Trinajstić information content (AvgIpc) is 2.77. The highest BCUT2D eigenvalue weighted by Crippen LogP contribution is 2.32. The van der Waals surface area contributed by atoms with Gasteiger partial charge < -0.3 is 5.73 Å². The number of pyridine rings is 2. The first-order valence-corrected chi connectivity index (χ1v) is 9.77. The molecule has 0 aliphatic heterocycles. The van der Waals surface area contributed by atoms with Crippen LogP contribution in [-0.2, 0) is 0 Å². The lowest BCUT2D eigenvalue weighted by Crippen LogP contribution is -2.45. The predicted octanol–water partition coefficient (Wildman–Crippen LogP) is 3.89. The van der Waals surface area contributed by atoms with Crippen molar-refractivity contribution in [1.29, 1.82) is 0 Å². The minimum Gasteiger partial charge on any atom is -0.396 e. The van der Waals surface area contributed by atoms with E-state index in [1.54, 1.807) is 41.7 Å². The molecule has 3 heterocycles. The van der Waals surface area contributed by atoms with Gasteiger partial charge in [-0.3, -0.25) is 15.2 Å². The van der Waals surface area contributed by atoms with Crippen molar-refractivity contribution < 1.29 is 4.79 Å². The zero-order valence-electron chi connectivity index (χ0n) is 16.0. The number of urea groups is 1. The summed E-state index contributed by atoms with van der Waals surface area (Å²) < 4.78 is 0. The zero-order valence-corrected chi connectivity index (χ0v) is 16.0. The van der Waals surface area contributed by atoms with Crippen molar-refractivity contribution in [2.24, 2.45) is 0 Å². The second-order valence-corrected chi connectivity index (χ2v) is 7.05. The van der Waals surface area contributed by atoms with Gasteiger partial charge in [0.05, 0.1) is 11.4 Å². The first-order valence-electron chi connectivity index (χ1n) is 9.77. The van der Waals surface area contributed by atoms with Gasteiger partial charge in [-0.05, 0) is 49.2 Å². The number of nitrogens with two attached hydrogens (primary N) is 1. The molecule has 148 valence electrons. The molecule has 3 aromatic heterocycles. The van der Waals surface area contributed by atoms with E-state index in [1.807, 2.05) is 18.2 Å². The Kier molecular flexibility index (Phi) is 5.60. The molecule has 2 amide bonds. The summed E-state index contributed by atoms with van der Waals surface area (Å²) in [4.78, 5) is 23.8. The maximum absolute atomic E-state index is 13.3. The second kappa shape index (κ2) is 8.64. The molecule has 3 aromatic rings. The van der Waals surface area contributed by atoms with E-state index in [0.717, 1.165) is 36.9 Å². The Labute approximate surface area is 169 Å². The minimum absolute atomic E-state index is 0.0272. The molecule has 8 heteroatoms. The number of rotatable bonds is 4. The number of aromatic nitrogens is 4. The van der Waals surface area contributed by atoms with Gasteiger partial charge in [0.15, 0.2) is 11.6 Å². The highest BCUT2D eigenvalue weighted by molar-refractivity contribution is 6.02. The fraction of sp³-hybridized carbons (Fsp3) is 0.286. The summed E-state index contributed by atoms with van der Waals surface area (Å²) in [6.07, 6.45) is 10.2. The van der Waals surface area contributed by atoms with E-state index in [9.17, 15) is 4.79 Å². The molecule has 0 spiro atoms. The van der Waals surface area contributed by atoms with Crippen LogP contribution in [0.15, 0.2) is 55.0 Å². The molecule has 1 aliphatic carbocycles. The predicted molar refractivity (Wildman–Crippen MR) is 112 cm³/mol. The van der Waals surface area contributed by atoms with Gasteiger partial charge >= 0.3 is 6.03 Å². The molecule has 0 saturated heterocycles. The van der Waals surface area contributed by atoms with Crippen molar-refractivity contribution in [3.8, 4) is 11.3 Å². The van der Waals surface area contributed by atoms with Crippen LogP contribution < -0.4 is 16.0 Å². The van der Waals surface area contributed by atoms with Crippen LogP contribution in [0.25, 0.3) is 11.3 Å². The third kappa shape index (κ3) is 4.31. The van der Waals surface area contributed by atoms with Crippen LogP contribution in [0.2, 0.25) is 0 Å². The summed E-state index contributed by atoms with van der Waals surface area (Å²) in [5.74, 6) is 0.847. The maximum atomic E-state index is 13.3. The molecule has 1 aliphatic rings. The van der Waals surface area contributed by atoms with Crippen molar-refractivity contribution in [3.63, 3.8) is 0 Å². The lowest BCUT2D eigenvalue weighted by molar-refractivity contribution is 0.252. The molecule has 0 aromatic carbocycles. The first-order chi connectivity index (χ1) is 14.2. The molecule has 1 fully saturated rings. The van der Waals surface area contributed by atoms with Crippen LogP contribution >= 0.6 is 0 Å². The normalized spacial score (nSPS) is 14.3. The van der Waals surface area contributed by atoms with Crippen LogP contribution in [0.3, 0.4) is 0 Å². The van der Waals surface area contributed by atoms with Gasteiger partial charge in [0, 0.05) is 30.2 Å². The summed E-state index contributed by atoms with van der Waals surface area (Å²) in [7, 11) is 0. The monoisotopic (exact) mass is 389 g/mol. The molecule has 0 unspecified atom stereocenters. The third-order valence-electron chi connectivity index (χ3n) is 5.06. The highest BCUT2D eigenvalue weighted by Gasteiger charge is 2.30. The molecule has 0 atom stereocenters. The molecule has 8 nitrogen and oxygen atoms in total. The summed E-state index contributed by atoms with van der Waals surface area (Å²) in [6.45, 7) is 0. The number of carbonyl (C=O) groups excluding carboxylic acids is 1. The van der Waals surface area contributed by atoms with Crippen LogP contribution in [0.1, 0.15) is 32.1 Å². The Bertz CT molecular complexity index is 959. The number of nitrogen functional groups attached to an aromatic ring is 1. The number of amides is 2. The Morgan fingerprint density at radius 3 is 2.62 bits per heavy atom. The molecule has 29 heavy (non-hydrogen) atoms. The number of anilines is 3. The lowest BCUT2D eigenvalue weighted by Gasteiger charge is -2.34. The van der Waals surface area contributed by atoms with Gasteiger partial charge in [0.1, 0.15) is 0 Å². The van der Waals surface area contributed by atoms with E-state index in [2.05, 4.69) is 20.5 Å². The largest absolute Gasteiger partial charge is 0.396 e. The van der Waals surface area contributed by atoms with Crippen molar-refractivity contribution in [1.82, 2.24) is 20.2 Å². The number of hydrogen-bond donors (Lipinski definition) is 2. The fourth-order valence-electron chi connectivity index (χ4n) is 3.64. The molecule has 0 radical (unpaired) electrons. The standard InChI is InChI=1S/C21H23N7O/c22-17-10-11-18(15-6-4-12-23-14-15)25-20(17)28(16-7-2-1-3-8-16)21(29)26-19-9-5-13-24-27-19/h4-6,9-14,16H,1-3,7-8,22H2,(H,26,27,29). The van der Waals surface area contributed by atoms with Crippen molar-refractivity contribution >= 4 is 23.4 Å². The molecule has 0 bridgehead atoms. The van der Waals surface area contributed by atoms with Crippen LogP contribution in [0.5, 0.6) is 0 Å². The average molecular weight is 389 g/mol. The van der Waals surface area contributed by atoms with Crippen molar-refractivity contribution in [2.75, 3.05) is 16.0 Å². The van der Waals surface area contributed by atoms with Crippen LogP contribution in [-0.4, -0.2) is 32.2 Å². The van der Waals surface area contributed by atoms with E-state index >= 15 is 0 Å². The number of nitrogens with one attached hydrogen (secondary N) is 1. The maximum Gasteiger partial charge on any atom is 0.329 e. The van der Waals surface area contributed by atoms with Gasteiger partial charge in [-0.1, -0.05) is 19.3 Å². The van der Waals surface area contributed by atoms with E-state index in [0.29, 0.717) is 17.3 Å². The Hall–Kier alpha value is -3.55. The Morgan fingerprint density at radius 1 is 1.07 bits per heavy atom. The van der Waals surface area contributed by atoms with E-state index in [1.165, 1.54) is 6.42 Å². The summed E-state index contributed by atoms with van der Waals surface area (Å²) in [5, 5.41) is 10.6. The smallest absolute Gasteiger partial charge is 0.329 e. The van der Waals surface area contributed by atoms with Crippen molar-refractivity contribution in [2.45, 2.75) is 38.1 Å².